The van der Waals surface area contributed by atoms with Gasteiger partial charge in [0, 0.05) is 39.0 Å². The number of hydrogen-bond donors (Lipinski definition) is 5. The van der Waals surface area contributed by atoms with E-state index in [2.05, 4.69) is 30.9 Å². The molecule has 7 N–H and O–H groups in total. The number of nitrogen functional groups attached to an aromatic ring is 2. The van der Waals surface area contributed by atoms with Crippen molar-refractivity contribution >= 4 is 41.1 Å². The highest BCUT2D eigenvalue weighted by atomic mass is 35.5. The first kappa shape index (κ1) is 30.1. The van der Waals surface area contributed by atoms with Crippen molar-refractivity contribution in [3.8, 4) is 5.75 Å². The average Bonchev–Trinajstić information content (AvgIpc) is 3.38. The molecule has 2 aliphatic heterocycles. The Bertz CT molecular complexity index is 1450. The molecule has 2 aromatic rings. The fraction of sp³-hybridized carbons (Fsp3) is 0.414. The van der Waals surface area contributed by atoms with Crippen LogP contribution in [0.2, 0.25) is 5.15 Å². The SMILES string of the molecule is Nc1nc(N)c(C(=O)/N=C2\NCC3(CCN(C(=O)NCCc4ccc(OCCC5=CC=C(F)CC5)cc4)CC3)N2)nc1Cl. The van der Waals surface area contributed by atoms with Gasteiger partial charge in [-0.25, -0.2) is 19.2 Å². The fourth-order valence-electron chi connectivity index (χ4n) is 5.19. The lowest BCUT2D eigenvalue weighted by atomic mass is 9.89. The summed E-state index contributed by atoms with van der Waals surface area (Å²) >= 11 is 5.87. The summed E-state index contributed by atoms with van der Waals surface area (Å²) in [5.74, 6) is 0.125. The Balaban J connectivity index is 1.01. The normalized spacial score (nSPS) is 18.5. The second-order valence-corrected chi connectivity index (χ2v) is 11.2. The smallest absolute Gasteiger partial charge is 0.317 e. The molecule has 1 aromatic carbocycles. The molecule has 5 rings (SSSR count). The molecule has 0 bridgehead atoms. The third-order valence-electron chi connectivity index (χ3n) is 7.80. The largest absolute Gasteiger partial charge is 0.493 e. The van der Waals surface area contributed by atoms with Crippen LogP contribution in [0.25, 0.3) is 0 Å². The van der Waals surface area contributed by atoms with E-state index in [1.54, 1.807) is 4.90 Å². The molecule has 2 saturated heterocycles. The van der Waals surface area contributed by atoms with E-state index in [9.17, 15) is 14.0 Å². The summed E-state index contributed by atoms with van der Waals surface area (Å²) in [5, 5.41) is 9.30. The topological polar surface area (TPSA) is 173 Å². The zero-order chi connectivity index (χ0) is 30.4. The zero-order valence-corrected chi connectivity index (χ0v) is 24.4. The quantitative estimate of drug-likeness (QED) is 0.300. The summed E-state index contributed by atoms with van der Waals surface area (Å²) in [6.45, 7) is 2.74. The Morgan fingerprint density at radius 3 is 2.58 bits per heavy atom. The zero-order valence-electron chi connectivity index (χ0n) is 23.7. The minimum atomic E-state index is -0.692. The van der Waals surface area contributed by atoms with E-state index < -0.39 is 5.91 Å². The molecule has 43 heavy (non-hydrogen) atoms. The number of aliphatic imine (C=N–C) groups is 1. The van der Waals surface area contributed by atoms with Crippen LogP contribution in [0.1, 0.15) is 48.2 Å². The molecule has 2 fully saturated rings. The number of nitrogens with one attached hydrogen (secondary N) is 3. The third-order valence-corrected chi connectivity index (χ3v) is 8.07. The minimum Gasteiger partial charge on any atom is -0.493 e. The van der Waals surface area contributed by atoms with E-state index in [0.717, 1.165) is 24.2 Å². The minimum absolute atomic E-state index is 0.0619. The van der Waals surface area contributed by atoms with Crippen LogP contribution in [-0.4, -0.2) is 71.1 Å². The van der Waals surface area contributed by atoms with E-state index >= 15 is 0 Å². The Hall–Kier alpha value is -4.39. The van der Waals surface area contributed by atoms with E-state index in [1.165, 1.54) is 11.6 Å². The lowest BCUT2D eigenvalue weighted by Crippen LogP contribution is -2.55. The summed E-state index contributed by atoms with van der Waals surface area (Å²) in [7, 11) is 0. The van der Waals surface area contributed by atoms with Gasteiger partial charge in [-0.1, -0.05) is 35.4 Å². The number of aromatic nitrogens is 2. The number of carbonyl (C=O) groups is 2. The summed E-state index contributed by atoms with van der Waals surface area (Å²) in [6, 6.07) is 7.74. The van der Waals surface area contributed by atoms with Gasteiger partial charge in [0.1, 0.15) is 11.6 Å². The van der Waals surface area contributed by atoms with Crippen molar-refractivity contribution in [1.29, 1.82) is 0 Å². The highest BCUT2D eigenvalue weighted by molar-refractivity contribution is 6.31. The lowest BCUT2D eigenvalue weighted by molar-refractivity contribution is 0.0998. The number of likely N-dealkylation sites (tertiary alicyclic amines) is 1. The van der Waals surface area contributed by atoms with Gasteiger partial charge in [-0.15, -0.1) is 0 Å². The second kappa shape index (κ2) is 13.3. The van der Waals surface area contributed by atoms with Crippen LogP contribution in [0.15, 0.2) is 52.8 Å². The van der Waals surface area contributed by atoms with E-state index in [1.807, 2.05) is 30.3 Å². The van der Waals surface area contributed by atoms with Gasteiger partial charge in [-0.2, -0.15) is 4.99 Å². The molecule has 228 valence electrons. The van der Waals surface area contributed by atoms with Gasteiger partial charge in [-0.3, -0.25) is 4.79 Å². The Morgan fingerprint density at radius 2 is 1.86 bits per heavy atom. The van der Waals surface area contributed by atoms with Gasteiger partial charge in [0.05, 0.1) is 12.1 Å². The first-order valence-corrected chi connectivity index (χ1v) is 14.6. The number of piperidine rings is 1. The number of urea groups is 1. The van der Waals surface area contributed by atoms with Crippen molar-refractivity contribution in [3.63, 3.8) is 0 Å². The molecule has 0 atom stereocenters. The Labute approximate surface area is 253 Å². The van der Waals surface area contributed by atoms with Crippen LogP contribution in [0.5, 0.6) is 5.75 Å². The van der Waals surface area contributed by atoms with E-state index in [4.69, 9.17) is 27.8 Å². The van der Waals surface area contributed by atoms with Gasteiger partial charge in [0.25, 0.3) is 0 Å². The van der Waals surface area contributed by atoms with Crippen LogP contribution >= 0.6 is 11.6 Å². The number of benzene rings is 1. The predicted molar refractivity (Wildman–Crippen MR) is 162 cm³/mol. The van der Waals surface area contributed by atoms with E-state index in [0.29, 0.717) is 64.4 Å². The number of nitrogens with zero attached hydrogens (tertiary/aromatic N) is 4. The third kappa shape index (κ3) is 7.72. The van der Waals surface area contributed by atoms with Crippen molar-refractivity contribution in [2.24, 2.45) is 4.99 Å². The number of nitrogens with two attached hydrogens (primary N) is 2. The van der Waals surface area contributed by atoms with Crippen molar-refractivity contribution in [1.82, 2.24) is 30.8 Å². The van der Waals surface area contributed by atoms with Crippen LogP contribution in [-0.2, 0) is 6.42 Å². The lowest BCUT2D eigenvalue weighted by Gasteiger charge is -2.38. The summed E-state index contributed by atoms with van der Waals surface area (Å²) in [6.07, 6.45) is 7.43. The summed E-state index contributed by atoms with van der Waals surface area (Å²) < 4.78 is 18.9. The molecule has 0 radical (unpaired) electrons. The maximum absolute atomic E-state index is 13.1. The van der Waals surface area contributed by atoms with E-state index in [-0.39, 0.29) is 39.9 Å². The first-order valence-electron chi connectivity index (χ1n) is 14.2. The number of rotatable bonds is 8. The number of ether oxygens (including phenoxy) is 1. The first-order chi connectivity index (χ1) is 20.7. The predicted octanol–water partition coefficient (Wildman–Crippen LogP) is 3.11. The fourth-order valence-corrected chi connectivity index (χ4v) is 5.32. The molecule has 3 heterocycles. The van der Waals surface area contributed by atoms with Crippen molar-refractivity contribution in [2.45, 2.75) is 44.1 Å². The maximum atomic E-state index is 13.1. The molecule has 1 aliphatic carbocycles. The molecule has 14 heteroatoms. The van der Waals surface area contributed by atoms with Crippen LogP contribution in [0.3, 0.4) is 0 Å². The van der Waals surface area contributed by atoms with Gasteiger partial charge in [-0.05, 0) is 49.5 Å². The van der Waals surface area contributed by atoms with Gasteiger partial charge in [0.2, 0.25) is 0 Å². The number of halogens is 2. The Morgan fingerprint density at radius 1 is 1.09 bits per heavy atom. The molecular formula is C29H35ClFN9O3. The number of anilines is 2. The molecule has 3 amide bonds. The molecular weight excluding hydrogens is 577 g/mol. The highest BCUT2D eigenvalue weighted by Gasteiger charge is 2.40. The maximum Gasteiger partial charge on any atom is 0.317 e. The monoisotopic (exact) mass is 611 g/mol. The molecule has 3 aliphatic rings. The molecule has 0 saturated carbocycles. The number of guanidine groups is 1. The second-order valence-electron chi connectivity index (χ2n) is 10.8. The number of amides is 3. The highest BCUT2D eigenvalue weighted by Crippen LogP contribution is 2.25. The molecule has 0 unspecified atom stereocenters. The number of hydrogen-bond acceptors (Lipinski definition) is 7. The van der Waals surface area contributed by atoms with Crippen molar-refractivity contribution in [3.05, 3.63) is 64.2 Å². The van der Waals surface area contributed by atoms with Gasteiger partial charge < -0.3 is 37.1 Å². The van der Waals surface area contributed by atoms with Crippen LogP contribution in [0.4, 0.5) is 20.8 Å². The van der Waals surface area contributed by atoms with Crippen molar-refractivity contribution < 1.29 is 18.7 Å². The standard InChI is InChI=1S/C29H35ClFN9O3/c30-23-25(33)37-24(32)22(36-23)26(41)38-27-35-17-29(39-27)11-14-40(15-12-29)28(42)34-13-9-18-3-7-21(8-4-18)43-16-10-19-1-5-20(31)6-2-19/h1,3-5,7-8H,2,6,9-17H2,(H,34,42)(H4,32,33,37)(H2,35,38,39,41). The molecule has 12 nitrogen and oxygen atoms in total. The molecule has 1 spiro atoms. The number of allylic oxidation sites excluding steroid dienone is 3. The van der Waals surface area contributed by atoms with Gasteiger partial charge >= 0.3 is 11.9 Å². The average molecular weight is 612 g/mol. The van der Waals surface area contributed by atoms with Crippen LogP contribution in [0, 0.1) is 0 Å². The summed E-state index contributed by atoms with van der Waals surface area (Å²) in [4.78, 5) is 38.9. The molecule has 1 aromatic heterocycles. The van der Waals surface area contributed by atoms with Crippen molar-refractivity contribution in [2.75, 3.05) is 44.3 Å². The number of carbonyl (C=O) groups excluding carboxylic acids is 2. The Kier molecular flexibility index (Phi) is 9.29. The van der Waals surface area contributed by atoms with Gasteiger partial charge in [0.15, 0.2) is 28.4 Å². The van der Waals surface area contributed by atoms with Crippen LogP contribution < -0.4 is 32.2 Å². The summed E-state index contributed by atoms with van der Waals surface area (Å²) in [5.41, 5.74) is 13.1.